The Kier molecular flexibility index (Phi) is 31.8. The predicted octanol–water partition coefficient (Wildman–Crippen LogP) is 10.7. The Morgan fingerprint density at radius 1 is 0.556 bits per heavy atom. The number of carbonyl (C=O) groups is 2. The van der Waals surface area contributed by atoms with Crippen LogP contribution >= 0.6 is 7.82 Å². The highest BCUT2D eigenvalue weighted by molar-refractivity contribution is 7.46. The van der Waals surface area contributed by atoms with Crippen molar-refractivity contribution in [3.05, 3.63) is 12.2 Å². The summed E-state index contributed by atoms with van der Waals surface area (Å²) in [5.74, 6) is -0.886. The second-order valence-electron chi connectivity index (χ2n) is 12.6. The summed E-state index contributed by atoms with van der Waals surface area (Å²) in [5.41, 5.74) is 0. The van der Waals surface area contributed by atoms with Crippen LogP contribution in [0, 0.1) is 0 Å². The predicted molar refractivity (Wildman–Crippen MR) is 184 cm³/mol. The maximum Gasteiger partial charge on any atom is 0.469 e. The molecule has 266 valence electrons. The van der Waals surface area contributed by atoms with Crippen LogP contribution in [0.25, 0.3) is 0 Å². The van der Waals surface area contributed by atoms with Gasteiger partial charge < -0.3 is 19.3 Å². The molecule has 0 aromatic carbocycles. The van der Waals surface area contributed by atoms with Crippen LogP contribution in [0.1, 0.15) is 187 Å². The lowest BCUT2D eigenvalue weighted by molar-refractivity contribution is -0.161. The van der Waals surface area contributed by atoms with Crippen LogP contribution in [0.3, 0.4) is 0 Å². The van der Waals surface area contributed by atoms with E-state index >= 15 is 0 Å². The summed E-state index contributed by atoms with van der Waals surface area (Å²) in [7, 11) is -4.74. The van der Waals surface area contributed by atoms with Gasteiger partial charge in [-0.05, 0) is 38.5 Å². The van der Waals surface area contributed by atoms with Gasteiger partial charge in [-0.15, -0.1) is 0 Å². The lowest BCUT2D eigenvalue weighted by atomic mass is 10.1. The molecule has 0 aromatic rings. The summed E-state index contributed by atoms with van der Waals surface area (Å²) < 4.78 is 26.2. The molecule has 9 heteroatoms. The Morgan fingerprint density at radius 2 is 0.933 bits per heavy atom. The minimum absolute atomic E-state index is 0.213. The molecule has 0 heterocycles. The highest BCUT2D eigenvalue weighted by atomic mass is 31.2. The zero-order valence-corrected chi connectivity index (χ0v) is 29.9. The SMILES string of the molecule is CCCCCCCC/C=C\CCCCCCCCCCCC(=O)OC(COC(=O)CCCCCCCCCC)COP(=O)(O)O. The van der Waals surface area contributed by atoms with Gasteiger partial charge in [-0.2, -0.15) is 0 Å². The van der Waals surface area contributed by atoms with E-state index in [1.54, 1.807) is 0 Å². The largest absolute Gasteiger partial charge is 0.469 e. The van der Waals surface area contributed by atoms with Crippen LogP contribution < -0.4 is 0 Å². The fourth-order valence-corrected chi connectivity index (χ4v) is 5.61. The molecular weight excluding hydrogens is 591 g/mol. The van der Waals surface area contributed by atoms with Crippen molar-refractivity contribution in [2.45, 2.75) is 193 Å². The molecule has 2 N–H and O–H groups in total. The van der Waals surface area contributed by atoms with E-state index in [4.69, 9.17) is 19.3 Å². The molecule has 0 saturated carbocycles. The van der Waals surface area contributed by atoms with E-state index < -0.39 is 32.5 Å². The molecule has 0 bridgehead atoms. The Morgan fingerprint density at radius 3 is 1.36 bits per heavy atom. The van der Waals surface area contributed by atoms with Gasteiger partial charge in [-0.1, -0.05) is 148 Å². The molecule has 0 aliphatic heterocycles. The molecule has 1 unspecified atom stereocenters. The van der Waals surface area contributed by atoms with Gasteiger partial charge in [0.15, 0.2) is 6.10 Å². The van der Waals surface area contributed by atoms with Crippen LogP contribution in [0.5, 0.6) is 0 Å². The van der Waals surface area contributed by atoms with E-state index in [0.717, 1.165) is 38.5 Å². The summed E-state index contributed by atoms with van der Waals surface area (Å²) in [6.45, 7) is 3.64. The standard InChI is InChI=1S/C36H69O8P/c1-3-5-7-9-11-13-14-15-16-17-18-19-20-21-22-23-25-27-29-31-36(38)44-34(33-43-45(39,40)41)32-42-35(37)30-28-26-24-12-10-8-6-4-2/h15-16,34H,3-14,17-33H2,1-2H3,(H2,39,40,41)/b16-15-. The number of esters is 2. The van der Waals surface area contributed by atoms with Crippen molar-refractivity contribution >= 4 is 19.8 Å². The molecule has 0 aliphatic carbocycles. The van der Waals surface area contributed by atoms with E-state index in [1.807, 2.05) is 0 Å². The molecule has 0 radical (unpaired) electrons. The van der Waals surface area contributed by atoms with Gasteiger partial charge in [0.25, 0.3) is 0 Å². The average molecular weight is 661 g/mol. The number of rotatable bonds is 34. The number of ether oxygens (including phenoxy) is 2. The van der Waals surface area contributed by atoms with Crippen molar-refractivity contribution < 1.29 is 37.9 Å². The fourth-order valence-electron chi connectivity index (χ4n) is 5.25. The maximum atomic E-state index is 12.3. The molecule has 0 fully saturated rings. The van der Waals surface area contributed by atoms with Crippen molar-refractivity contribution in [2.75, 3.05) is 13.2 Å². The molecule has 0 saturated heterocycles. The quantitative estimate of drug-likeness (QED) is 0.0303. The van der Waals surface area contributed by atoms with Crippen LogP contribution in [0.2, 0.25) is 0 Å². The first-order valence-corrected chi connectivity index (χ1v) is 20.0. The van der Waals surface area contributed by atoms with Gasteiger partial charge in [0.2, 0.25) is 0 Å². The lowest BCUT2D eigenvalue weighted by Gasteiger charge is -2.18. The molecule has 0 spiro atoms. The topological polar surface area (TPSA) is 119 Å². The maximum absolute atomic E-state index is 12.3. The molecule has 8 nitrogen and oxygen atoms in total. The number of hydrogen-bond acceptors (Lipinski definition) is 6. The van der Waals surface area contributed by atoms with Gasteiger partial charge in [0.1, 0.15) is 6.61 Å². The Balaban J connectivity index is 3.88. The Labute approximate surface area is 276 Å². The van der Waals surface area contributed by atoms with Gasteiger partial charge >= 0.3 is 19.8 Å². The van der Waals surface area contributed by atoms with Crippen molar-refractivity contribution in [2.24, 2.45) is 0 Å². The monoisotopic (exact) mass is 660 g/mol. The van der Waals surface area contributed by atoms with Gasteiger partial charge in [0.05, 0.1) is 6.61 Å². The van der Waals surface area contributed by atoms with Crippen molar-refractivity contribution in [3.63, 3.8) is 0 Å². The second kappa shape index (κ2) is 32.7. The molecule has 1 atom stereocenters. The zero-order chi connectivity index (χ0) is 33.3. The summed E-state index contributed by atoms with van der Waals surface area (Å²) in [6, 6.07) is 0. The van der Waals surface area contributed by atoms with E-state index in [0.29, 0.717) is 6.42 Å². The van der Waals surface area contributed by atoms with Crippen LogP contribution in [0.4, 0.5) is 0 Å². The number of carbonyl (C=O) groups excluding carboxylic acids is 2. The summed E-state index contributed by atoms with van der Waals surface area (Å²) in [5, 5.41) is 0. The van der Waals surface area contributed by atoms with Gasteiger partial charge in [-0.25, -0.2) is 4.57 Å². The number of hydrogen-bond donors (Lipinski definition) is 2. The van der Waals surface area contributed by atoms with Crippen LogP contribution in [-0.4, -0.2) is 41.0 Å². The fraction of sp³-hybridized carbons (Fsp3) is 0.889. The van der Waals surface area contributed by atoms with Crippen molar-refractivity contribution in [1.29, 1.82) is 0 Å². The highest BCUT2D eigenvalue weighted by Gasteiger charge is 2.22. The number of phosphoric ester groups is 1. The molecule has 0 aromatic heterocycles. The third-order valence-electron chi connectivity index (χ3n) is 8.03. The van der Waals surface area contributed by atoms with E-state index in [9.17, 15) is 14.2 Å². The summed E-state index contributed by atoms with van der Waals surface area (Å²) in [4.78, 5) is 42.5. The molecular formula is C36H69O8P. The second-order valence-corrected chi connectivity index (χ2v) is 13.8. The zero-order valence-electron chi connectivity index (χ0n) is 29.0. The third-order valence-corrected chi connectivity index (χ3v) is 8.52. The van der Waals surface area contributed by atoms with Crippen LogP contribution in [-0.2, 0) is 28.2 Å². The van der Waals surface area contributed by atoms with E-state index in [2.05, 4.69) is 30.5 Å². The highest BCUT2D eigenvalue weighted by Crippen LogP contribution is 2.36. The van der Waals surface area contributed by atoms with Gasteiger partial charge in [-0.3, -0.25) is 14.1 Å². The van der Waals surface area contributed by atoms with Gasteiger partial charge in [0, 0.05) is 12.8 Å². The van der Waals surface area contributed by atoms with E-state index in [1.165, 1.54) is 116 Å². The number of unbranched alkanes of at least 4 members (excludes halogenated alkanes) is 22. The normalized spacial score (nSPS) is 12.5. The Bertz CT molecular complexity index is 751. The van der Waals surface area contributed by atoms with E-state index in [-0.39, 0.29) is 19.4 Å². The first kappa shape index (κ1) is 43.8. The number of phosphoric acid groups is 1. The summed E-state index contributed by atoms with van der Waals surface area (Å²) >= 11 is 0. The van der Waals surface area contributed by atoms with Crippen molar-refractivity contribution in [1.82, 2.24) is 0 Å². The Hall–Kier alpha value is -1.21. The molecule has 0 amide bonds. The summed E-state index contributed by atoms with van der Waals surface area (Å²) in [6.07, 6.45) is 33.8. The molecule has 45 heavy (non-hydrogen) atoms. The third kappa shape index (κ3) is 35.5. The minimum atomic E-state index is -4.74. The first-order valence-electron chi connectivity index (χ1n) is 18.5. The molecule has 0 rings (SSSR count). The first-order chi connectivity index (χ1) is 21.8. The molecule has 0 aliphatic rings. The minimum Gasteiger partial charge on any atom is -0.462 e. The van der Waals surface area contributed by atoms with Crippen molar-refractivity contribution in [3.8, 4) is 0 Å². The smallest absolute Gasteiger partial charge is 0.462 e. The number of allylic oxidation sites excluding steroid dienone is 2. The lowest BCUT2D eigenvalue weighted by Crippen LogP contribution is -2.29. The average Bonchev–Trinajstić information content (AvgIpc) is 3.00. The van der Waals surface area contributed by atoms with Crippen LogP contribution in [0.15, 0.2) is 12.2 Å².